The fraction of sp³-hybridized carbons (Fsp3) is 0.667. The zero-order valence-electron chi connectivity index (χ0n) is 14.1. The van der Waals surface area contributed by atoms with Crippen LogP contribution in [0.5, 0.6) is 0 Å². The van der Waals surface area contributed by atoms with E-state index < -0.39 is 41.6 Å². The van der Waals surface area contributed by atoms with Crippen molar-refractivity contribution in [1.82, 2.24) is 10.6 Å². The third-order valence-corrected chi connectivity index (χ3v) is 2.78. The van der Waals surface area contributed by atoms with E-state index in [-0.39, 0.29) is 13.0 Å². The van der Waals surface area contributed by atoms with E-state index in [2.05, 4.69) is 17.2 Å². The molecule has 0 aromatic rings. The highest BCUT2D eigenvalue weighted by Crippen LogP contribution is 2.06. The Morgan fingerprint density at radius 2 is 1.91 bits per heavy atom. The van der Waals surface area contributed by atoms with Crippen LogP contribution in [0.3, 0.4) is 0 Å². The molecule has 8 nitrogen and oxygen atoms in total. The summed E-state index contributed by atoms with van der Waals surface area (Å²) in [6, 6.07) is -2.03. The number of aliphatic hydroxyl groups excluding tert-OH is 1. The van der Waals surface area contributed by atoms with Gasteiger partial charge in [-0.1, -0.05) is 6.58 Å². The molecular weight excluding hydrogens is 302 g/mol. The van der Waals surface area contributed by atoms with Gasteiger partial charge in [-0.2, -0.15) is 0 Å². The molecule has 0 aliphatic heterocycles. The van der Waals surface area contributed by atoms with E-state index >= 15 is 0 Å². The van der Waals surface area contributed by atoms with Crippen LogP contribution in [0, 0.1) is 0 Å². The number of carbonyl (C=O) groups excluding carboxylic acids is 3. The number of aliphatic hydroxyl groups is 1. The molecule has 0 saturated heterocycles. The van der Waals surface area contributed by atoms with Gasteiger partial charge in [0.2, 0.25) is 5.91 Å². The van der Waals surface area contributed by atoms with Gasteiger partial charge in [-0.05, 0) is 40.2 Å². The Morgan fingerprint density at radius 3 is 2.35 bits per heavy atom. The number of hydrogen-bond donors (Lipinski definition) is 4. The second kappa shape index (κ2) is 9.26. The molecule has 132 valence electrons. The van der Waals surface area contributed by atoms with Gasteiger partial charge in [-0.25, -0.2) is 4.79 Å². The first-order valence-corrected chi connectivity index (χ1v) is 7.35. The van der Waals surface area contributed by atoms with Gasteiger partial charge in [0, 0.05) is 6.54 Å². The minimum absolute atomic E-state index is 0.114. The Bertz CT molecular complexity index is 443. The molecule has 0 heterocycles. The van der Waals surface area contributed by atoms with Gasteiger partial charge in [0.05, 0.1) is 12.1 Å². The SMILES string of the molecule is C=CC(=O)[C@H](CCNC(=O)OC(C)(C)C)NC(=O)[C@@H](N)[C@@H](C)O. The van der Waals surface area contributed by atoms with Crippen LogP contribution in [0.2, 0.25) is 0 Å². The lowest BCUT2D eigenvalue weighted by molar-refractivity contribution is -0.128. The largest absolute Gasteiger partial charge is 0.444 e. The van der Waals surface area contributed by atoms with Gasteiger partial charge >= 0.3 is 6.09 Å². The maximum absolute atomic E-state index is 11.8. The van der Waals surface area contributed by atoms with E-state index in [1.165, 1.54) is 6.92 Å². The molecule has 2 amide bonds. The summed E-state index contributed by atoms with van der Waals surface area (Å²) < 4.78 is 5.06. The number of ketones is 1. The highest BCUT2D eigenvalue weighted by Gasteiger charge is 2.25. The third-order valence-electron chi connectivity index (χ3n) is 2.78. The topological polar surface area (TPSA) is 131 Å². The highest BCUT2D eigenvalue weighted by atomic mass is 16.6. The van der Waals surface area contributed by atoms with E-state index in [0.29, 0.717) is 0 Å². The lowest BCUT2D eigenvalue weighted by Gasteiger charge is -2.22. The number of amides is 2. The molecule has 0 unspecified atom stereocenters. The molecular formula is C15H27N3O5. The molecule has 5 N–H and O–H groups in total. The first-order chi connectivity index (χ1) is 10.5. The average molecular weight is 329 g/mol. The van der Waals surface area contributed by atoms with E-state index in [1.807, 2.05) is 0 Å². The Balaban J connectivity index is 4.53. The molecule has 3 atom stereocenters. The molecule has 8 heteroatoms. The predicted molar refractivity (Wildman–Crippen MR) is 85.6 cm³/mol. The highest BCUT2D eigenvalue weighted by molar-refractivity contribution is 5.97. The van der Waals surface area contributed by atoms with Gasteiger partial charge in [-0.3, -0.25) is 9.59 Å². The summed E-state index contributed by atoms with van der Waals surface area (Å²) in [5.74, 6) is -1.07. The van der Waals surface area contributed by atoms with Crippen molar-refractivity contribution in [2.45, 2.75) is 57.9 Å². The number of rotatable bonds is 8. The number of nitrogens with one attached hydrogen (secondary N) is 2. The van der Waals surface area contributed by atoms with Gasteiger partial charge < -0.3 is 26.2 Å². The van der Waals surface area contributed by atoms with Crippen LogP contribution >= 0.6 is 0 Å². The second-order valence-corrected chi connectivity index (χ2v) is 6.15. The first kappa shape index (κ1) is 21.1. The number of ether oxygens (including phenoxy) is 1. The molecule has 0 spiro atoms. The minimum atomic E-state index is -1.14. The van der Waals surface area contributed by atoms with Crippen LogP contribution in [0.1, 0.15) is 34.1 Å². The summed E-state index contributed by atoms with van der Waals surface area (Å²) in [7, 11) is 0. The van der Waals surface area contributed by atoms with Crippen molar-refractivity contribution in [3.05, 3.63) is 12.7 Å². The summed E-state index contributed by atoms with van der Waals surface area (Å²) in [5, 5.41) is 14.2. The Labute approximate surface area is 136 Å². The van der Waals surface area contributed by atoms with Crippen LogP contribution in [0.4, 0.5) is 4.79 Å². The van der Waals surface area contributed by atoms with Gasteiger partial charge in [0.1, 0.15) is 11.6 Å². The summed E-state index contributed by atoms with van der Waals surface area (Å²) in [4.78, 5) is 35.1. The zero-order valence-corrected chi connectivity index (χ0v) is 14.1. The summed E-state index contributed by atoms with van der Waals surface area (Å²) in [6.07, 6.45) is -0.446. The third kappa shape index (κ3) is 8.94. The van der Waals surface area contributed by atoms with Crippen molar-refractivity contribution >= 4 is 17.8 Å². The Kier molecular flexibility index (Phi) is 8.49. The predicted octanol–water partition coefficient (Wildman–Crippen LogP) is -0.151. The summed E-state index contributed by atoms with van der Waals surface area (Å²) in [6.45, 7) is 10.0. The molecule has 0 saturated carbocycles. The quantitative estimate of drug-likeness (QED) is 0.458. The van der Waals surface area contributed by atoms with E-state index in [1.54, 1.807) is 20.8 Å². The number of alkyl carbamates (subject to hydrolysis) is 1. The molecule has 0 fully saturated rings. The van der Waals surface area contributed by atoms with E-state index in [9.17, 15) is 19.5 Å². The monoisotopic (exact) mass is 329 g/mol. The normalized spacial score (nSPS) is 15.0. The molecule has 0 aromatic carbocycles. The van der Waals surface area contributed by atoms with Crippen molar-refractivity contribution in [2.24, 2.45) is 5.73 Å². The zero-order chi connectivity index (χ0) is 18.2. The molecule has 0 aliphatic rings. The number of nitrogens with two attached hydrogens (primary N) is 1. The van der Waals surface area contributed by atoms with Crippen LogP contribution in [-0.4, -0.2) is 53.2 Å². The fourth-order valence-electron chi connectivity index (χ4n) is 1.55. The maximum Gasteiger partial charge on any atom is 0.407 e. The average Bonchev–Trinajstić information content (AvgIpc) is 2.42. The smallest absolute Gasteiger partial charge is 0.407 e. The summed E-state index contributed by atoms with van der Waals surface area (Å²) >= 11 is 0. The van der Waals surface area contributed by atoms with Crippen molar-refractivity contribution in [1.29, 1.82) is 0 Å². The van der Waals surface area contributed by atoms with Crippen LogP contribution in [0.25, 0.3) is 0 Å². The minimum Gasteiger partial charge on any atom is -0.444 e. The molecule has 0 rings (SSSR count). The van der Waals surface area contributed by atoms with Crippen molar-refractivity contribution in [2.75, 3.05) is 6.54 Å². The lowest BCUT2D eigenvalue weighted by atomic mass is 10.1. The van der Waals surface area contributed by atoms with E-state index in [4.69, 9.17) is 10.5 Å². The van der Waals surface area contributed by atoms with Crippen LogP contribution in [-0.2, 0) is 14.3 Å². The molecule has 0 radical (unpaired) electrons. The standard InChI is InChI=1S/C15H27N3O5/c1-6-11(20)10(18-13(21)12(16)9(2)19)7-8-17-14(22)23-15(3,4)5/h6,9-10,12,19H,1,7-8,16H2,2-5H3,(H,17,22)(H,18,21)/t9-,10+,12+/m1/s1. The van der Waals surface area contributed by atoms with Crippen molar-refractivity contribution in [3.8, 4) is 0 Å². The fourth-order valence-corrected chi connectivity index (χ4v) is 1.55. The number of carbonyl (C=O) groups is 3. The van der Waals surface area contributed by atoms with Gasteiger partial charge in [0.15, 0.2) is 5.78 Å². The van der Waals surface area contributed by atoms with Crippen molar-refractivity contribution < 1.29 is 24.2 Å². The lowest BCUT2D eigenvalue weighted by Crippen LogP contribution is -2.52. The number of hydrogen-bond acceptors (Lipinski definition) is 6. The van der Waals surface area contributed by atoms with Crippen molar-refractivity contribution in [3.63, 3.8) is 0 Å². The second-order valence-electron chi connectivity index (χ2n) is 6.15. The Morgan fingerprint density at radius 1 is 1.35 bits per heavy atom. The van der Waals surface area contributed by atoms with Gasteiger partial charge in [-0.15, -0.1) is 0 Å². The first-order valence-electron chi connectivity index (χ1n) is 7.35. The molecule has 0 aromatic heterocycles. The Hall–Kier alpha value is -1.93. The van der Waals surface area contributed by atoms with Crippen LogP contribution < -0.4 is 16.4 Å². The molecule has 23 heavy (non-hydrogen) atoms. The van der Waals surface area contributed by atoms with E-state index in [0.717, 1.165) is 6.08 Å². The maximum atomic E-state index is 11.8. The molecule has 0 aliphatic carbocycles. The van der Waals surface area contributed by atoms with Crippen LogP contribution in [0.15, 0.2) is 12.7 Å². The summed E-state index contributed by atoms with van der Waals surface area (Å²) in [5.41, 5.74) is 4.88. The molecule has 0 bridgehead atoms. The van der Waals surface area contributed by atoms with Gasteiger partial charge in [0.25, 0.3) is 0 Å².